The number of ether oxygens (including phenoxy) is 1. The highest BCUT2D eigenvalue weighted by Gasteiger charge is 2.57. The molecule has 4 saturated carbocycles. The molecular weight excluding hydrogens is 681 g/mol. The van der Waals surface area contributed by atoms with Crippen molar-refractivity contribution in [3.63, 3.8) is 0 Å². The highest BCUT2D eigenvalue weighted by molar-refractivity contribution is 6.10. The molecule has 54 heavy (non-hydrogen) atoms. The first-order valence-corrected chi connectivity index (χ1v) is 22.4. The molecule has 0 aromatic rings. The maximum Gasteiger partial charge on any atom is 0.249 e. The minimum Gasteiger partial charge on any atom is -0.393 e. The number of hydrogen-bond donors (Lipinski definition) is 2. The molecule has 4 aliphatic heterocycles. The fraction of sp³-hybridized carbons (Fsp3) is 0.864. The molecule has 0 aromatic heterocycles. The quantitative estimate of drug-likeness (QED) is 0.147. The second-order valence-electron chi connectivity index (χ2n) is 19.0. The van der Waals surface area contributed by atoms with E-state index in [1.165, 1.54) is 88.4 Å². The van der Waals surface area contributed by atoms with Crippen LogP contribution in [0.25, 0.3) is 0 Å². The number of nitrogens with zero attached hydrogens (tertiary/aromatic N) is 3. The van der Waals surface area contributed by atoms with Gasteiger partial charge in [-0.1, -0.05) is 37.3 Å². The smallest absolute Gasteiger partial charge is 0.249 e. The molecule has 8 fully saturated rings. The summed E-state index contributed by atoms with van der Waals surface area (Å²) in [5, 5.41) is 12.6. The number of unbranched alkanes of at least 4 members (excludes halogenated alkanes) is 1. The van der Waals surface area contributed by atoms with E-state index < -0.39 is 11.9 Å². The van der Waals surface area contributed by atoms with E-state index in [4.69, 9.17) is 4.74 Å². The SMILES string of the molecule is CC/C(=C(\C1CCC(O)CC1)C1CCC(OCCCCN2CC3(C2)CN(C2CCC4C(=O)N(C5CCC(=O)NC5=O)C(=O)C4C2)C3)CC1)C1CCCCC1. The van der Waals surface area contributed by atoms with Crippen LogP contribution in [0.5, 0.6) is 0 Å². The van der Waals surface area contributed by atoms with Gasteiger partial charge in [0.15, 0.2) is 0 Å². The van der Waals surface area contributed by atoms with Crippen LogP contribution < -0.4 is 5.32 Å². The van der Waals surface area contributed by atoms with Crippen molar-refractivity contribution in [3.05, 3.63) is 11.1 Å². The summed E-state index contributed by atoms with van der Waals surface area (Å²) < 4.78 is 6.50. The minimum atomic E-state index is -0.837. The van der Waals surface area contributed by atoms with Crippen LogP contribution in [-0.4, -0.2) is 107 Å². The summed E-state index contributed by atoms with van der Waals surface area (Å²) >= 11 is 0. The number of amides is 4. The number of carbonyl (C=O) groups excluding carboxylic acids is 4. The molecule has 4 unspecified atom stereocenters. The maximum absolute atomic E-state index is 13.4. The maximum atomic E-state index is 13.4. The standard InChI is InChI=1S/C44H68N4O6/c1-2-35(29-8-4-3-5-9-29)40(30-10-15-33(49)16-11-30)31-12-17-34(18-13-31)54-23-7-6-22-46-25-44(26-46)27-47(28-44)32-14-19-36-37(24-32)43(53)48(42(36)52)38-20-21-39(50)45-41(38)51/h29-34,36-38,49H,2-28H2,1H3,(H,45,50,51)/b40-35-. The third kappa shape index (κ3) is 8.02. The van der Waals surface area contributed by atoms with Gasteiger partial charge in [-0.15, -0.1) is 0 Å². The Bertz CT molecular complexity index is 1410. The molecule has 0 bridgehead atoms. The Morgan fingerprint density at radius 3 is 2.13 bits per heavy atom. The second-order valence-corrected chi connectivity index (χ2v) is 19.0. The van der Waals surface area contributed by atoms with Crippen LogP contribution in [0.15, 0.2) is 11.1 Å². The van der Waals surface area contributed by atoms with Crippen LogP contribution in [0.4, 0.5) is 0 Å². The first-order valence-electron chi connectivity index (χ1n) is 22.4. The Morgan fingerprint density at radius 1 is 0.759 bits per heavy atom. The van der Waals surface area contributed by atoms with E-state index in [0.717, 1.165) is 76.8 Å². The van der Waals surface area contributed by atoms with Gasteiger partial charge in [0.25, 0.3) is 0 Å². The number of fused-ring (bicyclic) bond motifs is 1. The van der Waals surface area contributed by atoms with E-state index >= 15 is 0 Å². The summed E-state index contributed by atoms with van der Waals surface area (Å²) in [6.07, 6.45) is 22.8. The summed E-state index contributed by atoms with van der Waals surface area (Å²) in [7, 11) is 0. The van der Waals surface area contributed by atoms with Crippen molar-refractivity contribution in [2.24, 2.45) is 35.0 Å². The average Bonchev–Trinajstić information content (AvgIpc) is 3.39. The lowest BCUT2D eigenvalue weighted by Crippen LogP contribution is -2.73. The van der Waals surface area contributed by atoms with Gasteiger partial charge in [0.1, 0.15) is 6.04 Å². The Balaban J connectivity index is 0.723. The van der Waals surface area contributed by atoms with Crippen molar-refractivity contribution in [2.75, 3.05) is 39.3 Å². The van der Waals surface area contributed by atoms with Gasteiger partial charge in [0, 0.05) is 50.7 Å². The lowest BCUT2D eigenvalue weighted by Gasteiger charge is -2.63. The molecule has 4 heterocycles. The lowest BCUT2D eigenvalue weighted by atomic mass is 9.68. The van der Waals surface area contributed by atoms with Crippen molar-refractivity contribution in [1.29, 1.82) is 0 Å². The molecule has 10 heteroatoms. The largest absolute Gasteiger partial charge is 0.393 e. The van der Waals surface area contributed by atoms with Crippen LogP contribution in [0.1, 0.15) is 142 Å². The molecule has 4 aliphatic carbocycles. The Morgan fingerprint density at radius 2 is 1.44 bits per heavy atom. The third-order valence-corrected chi connectivity index (χ3v) is 15.5. The van der Waals surface area contributed by atoms with E-state index in [0.29, 0.717) is 36.3 Å². The minimum absolute atomic E-state index is 0.0859. The summed E-state index contributed by atoms with van der Waals surface area (Å²) in [6, 6.07) is -0.512. The Hall–Kier alpha value is -2.14. The molecular formula is C44H68N4O6. The molecule has 8 aliphatic rings. The van der Waals surface area contributed by atoms with E-state index in [1.807, 2.05) is 11.1 Å². The molecule has 0 radical (unpaired) electrons. The fourth-order valence-corrected chi connectivity index (χ4v) is 12.7. The predicted octanol–water partition coefficient (Wildman–Crippen LogP) is 5.76. The number of hydrogen-bond acceptors (Lipinski definition) is 8. The van der Waals surface area contributed by atoms with Gasteiger partial charge in [-0.25, -0.2) is 0 Å². The Labute approximate surface area is 323 Å². The molecule has 4 amide bonds. The monoisotopic (exact) mass is 749 g/mol. The van der Waals surface area contributed by atoms with E-state index in [-0.39, 0.29) is 48.5 Å². The van der Waals surface area contributed by atoms with E-state index in [1.54, 1.807) is 0 Å². The van der Waals surface area contributed by atoms with Crippen LogP contribution in [0, 0.1) is 35.0 Å². The van der Waals surface area contributed by atoms with Gasteiger partial charge >= 0.3 is 0 Å². The first kappa shape index (κ1) is 38.7. The molecule has 10 nitrogen and oxygen atoms in total. The molecule has 8 rings (SSSR count). The number of nitrogens with one attached hydrogen (secondary N) is 1. The van der Waals surface area contributed by atoms with Gasteiger partial charge in [-0.2, -0.15) is 0 Å². The summed E-state index contributed by atoms with van der Waals surface area (Å²) in [4.78, 5) is 57.0. The normalized spacial score (nSPS) is 37.1. The van der Waals surface area contributed by atoms with E-state index in [2.05, 4.69) is 22.0 Å². The van der Waals surface area contributed by atoms with Crippen molar-refractivity contribution in [1.82, 2.24) is 20.0 Å². The zero-order valence-electron chi connectivity index (χ0n) is 33.1. The van der Waals surface area contributed by atoms with Gasteiger partial charge < -0.3 is 14.7 Å². The van der Waals surface area contributed by atoms with Gasteiger partial charge in [-0.3, -0.25) is 34.3 Å². The zero-order valence-corrected chi connectivity index (χ0v) is 33.1. The third-order valence-electron chi connectivity index (χ3n) is 15.5. The lowest BCUT2D eigenvalue weighted by molar-refractivity contribution is -0.151. The highest BCUT2D eigenvalue weighted by Crippen LogP contribution is 2.48. The first-order chi connectivity index (χ1) is 26.2. The summed E-state index contributed by atoms with van der Waals surface area (Å²) in [5.74, 6) is 0.324. The Kier molecular flexibility index (Phi) is 12.0. The zero-order chi connectivity index (χ0) is 37.4. The van der Waals surface area contributed by atoms with Crippen molar-refractivity contribution in [2.45, 2.75) is 166 Å². The van der Waals surface area contributed by atoms with Crippen LogP contribution in [0.3, 0.4) is 0 Å². The van der Waals surface area contributed by atoms with Crippen molar-refractivity contribution in [3.8, 4) is 0 Å². The van der Waals surface area contributed by atoms with Gasteiger partial charge in [-0.05, 0) is 133 Å². The molecule has 4 saturated heterocycles. The second kappa shape index (κ2) is 16.8. The number of imide groups is 2. The number of likely N-dealkylation sites (tertiary alicyclic amines) is 3. The number of allylic oxidation sites excluding steroid dienone is 2. The van der Waals surface area contributed by atoms with Crippen LogP contribution >= 0.6 is 0 Å². The molecule has 1 spiro atoms. The number of aliphatic hydroxyl groups is 1. The number of carbonyl (C=O) groups is 4. The van der Waals surface area contributed by atoms with Crippen molar-refractivity contribution >= 4 is 23.6 Å². The molecule has 4 atom stereocenters. The summed E-state index contributed by atoms with van der Waals surface area (Å²) in [5.41, 5.74) is 4.07. The van der Waals surface area contributed by atoms with E-state index in [9.17, 15) is 24.3 Å². The number of piperidine rings is 1. The van der Waals surface area contributed by atoms with Gasteiger partial charge in [0.05, 0.1) is 24.0 Å². The summed E-state index contributed by atoms with van der Waals surface area (Å²) in [6.45, 7) is 8.90. The highest BCUT2D eigenvalue weighted by atomic mass is 16.5. The van der Waals surface area contributed by atoms with Crippen LogP contribution in [-0.2, 0) is 23.9 Å². The van der Waals surface area contributed by atoms with Crippen LogP contribution in [0.2, 0.25) is 0 Å². The molecule has 0 aromatic carbocycles. The average molecular weight is 749 g/mol. The predicted molar refractivity (Wildman–Crippen MR) is 206 cm³/mol. The molecule has 300 valence electrons. The number of aliphatic hydroxyl groups excluding tert-OH is 1. The molecule has 2 N–H and O–H groups in total. The van der Waals surface area contributed by atoms with Gasteiger partial charge in [0.2, 0.25) is 23.6 Å². The van der Waals surface area contributed by atoms with Crippen molar-refractivity contribution < 1.29 is 29.0 Å². The topological polar surface area (TPSA) is 119 Å². The fourth-order valence-electron chi connectivity index (χ4n) is 12.7. The number of rotatable bonds is 12.